The monoisotopic (exact) mass is 269 g/mol. The van der Waals surface area contributed by atoms with E-state index in [0.29, 0.717) is 6.61 Å². The molecule has 1 N–H and O–H groups in total. The van der Waals surface area contributed by atoms with E-state index in [1.54, 1.807) is 0 Å². The van der Waals surface area contributed by atoms with Gasteiger partial charge < -0.3 is 14.7 Å². The number of carboxylic acid groups (broad SMARTS) is 1. The first-order valence-electron chi connectivity index (χ1n) is 7.80. The minimum absolute atomic E-state index is 0.127. The van der Waals surface area contributed by atoms with Gasteiger partial charge in [-0.25, -0.2) is 0 Å². The summed E-state index contributed by atoms with van der Waals surface area (Å²) in [7, 11) is 0. The number of ether oxygens (including phenoxy) is 1. The molecule has 1 saturated carbocycles. The van der Waals surface area contributed by atoms with Crippen LogP contribution in [0, 0.1) is 5.92 Å². The van der Waals surface area contributed by atoms with Crippen molar-refractivity contribution in [1.82, 2.24) is 4.90 Å². The summed E-state index contributed by atoms with van der Waals surface area (Å²) in [6.07, 6.45) is 9.61. The van der Waals surface area contributed by atoms with Gasteiger partial charge in [0.15, 0.2) is 0 Å². The summed E-state index contributed by atoms with van der Waals surface area (Å²) in [6, 6.07) is 0. The molecule has 0 amide bonds. The lowest BCUT2D eigenvalue weighted by Gasteiger charge is -2.35. The van der Waals surface area contributed by atoms with Crippen LogP contribution in [0.25, 0.3) is 0 Å². The largest absolute Gasteiger partial charge is 0.481 e. The third kappa shape index (κ3) is 5.49. The zero-order valence-electron chi connectivity index (χ0n) is 11.9. The van der Waals surface area contributed by atoms with Crippen LogP contribution in [0.1, 0.15) is 51.4 Å². The quantitative estimate of drug-likeness (QED) is 0.805. The highest BCUT2D eigenvalue weighted by molar-refractivity contribution is 5.66. The fourth-order valence-electron chi connectivity index (χ4n) is 3.31. The SMILES string of the molecule is O=C(O)CCOC1CCN(CC2CCCCC2)CC1. The number of likely N-dealkylation sites (tertiary alicyclic amines) is 1. The van der Waals surface area contributed by atoms with E-state index in [1.807, 2.05) is 0 Å². The molecule has 2 rings (SSSR count). The fraction of sp³-hybridized carbons (Fsp3) is 0.933. The van der Waals surface area contributed by atoms with Gasteiger partial charge in [-0.05, 0) is 31.6 Å². The normalized spacial score (nSPS) is 23.6. The molecule has 1 heterocycles. The molecule has 0 unspecified atom stereocenters. The number of piperidine rings is 1. The lowest BCUT2D eigenvalue weighted by Crippen LogP contribution is -2.40. The highest BCUT2D eigenvalue weighted by Crippen LogP contribution is 2.25. The predicted octanol–water partition coefficient (Wildman–Crippen LogP) is 2.52. The second-order valence-corrected chi connectivity index (χ2v) is 6.02. The van der Waals surface area contributed by atoms with Crippen LogP contribution < -0.4 is 0 Å². The Hall–Kier alpha value is -0.610. The Labute approximate surface area is 116 Å². The number of aliphatic carboxylic acids is 1. The standard InChI is InChI=1S/C15H27NO3/c17-15(18)8-11-19-14-6-9-16(10-7-14)12-13-4-2-1-3-5-13/h13-14H,1-12H2,(H,17,18). The molecule has 110 valence electrons. The molecule has 0 aromatic carbocycles. The van der Waals surface area contributed by atoms with Crippen molar-refractivity contribution < 1.29 is 14.6 Å². The first-order chi connectivity index (χ1) is 9.24. The van der Waals surface area contributed by atoms with Crippen molar-refractivity contribution in [2.24, 2.45) is 5.92 Å². The second kappa shape index (κ2) is 7.85. The average Bonchev–Trinajstić information content (AvgIpc) is 2.42. The smallest absolute Gasteiger partial charge is 0.305 e. The van der Waals surface area contributed by atoms with Gasteiger partial charge in [-0.3, -0.25) is 4.79 Å². The summed E-state index contributed by atoms with van der Waals surface area (Å²) < 4.78 is 5.62. The van der Waals surface area contributed by atoms with Crippen molar-refractivity contribution in [1.29, 1.82) is 0 Å². The molecule has 0 atom stereocenters. The molecule has 4 heteroatoms. The Morgan fingerprint density at radius 2 is 1.79 bits per heavy atom. The van der Waals surface area contributed by atoms with E-state index in [1.165, 1.54) is 38.6 Å². The summed E-state index contributed by atoms with van der Waals surface area (Å²) >= 11 is 0. The van der Waals surface area contributed by atoms with Crippen LogP contribution in [0.2, 0.25) is 0 Å². The summed E-state index contributed by atoms with van der Waals surface area (Å²) in [5, 5.41) is 8.58. The summed E-state index contributed by atoms with van der Waals surface area (Å²) in [4.78, 5) is 13.0. The third-order valence-corrected chi connectivity index (χ3v) is 4.45. The van der Waals surface area contributed by atoms with Gasteiger partial charge in [-0.2, -0.15) is 0 Å². The van der Waals surface area contributed by atoms with E-state index in [4.69, 9.17) is 9.84 Å². The van der Waals surface area contributed by atoms with Gasteiger partial charge in [0.05, 0.1) is 19.1 Å². The lowest BCUT2D eigenvalue weighted by molar-refractivity contribution is -0.138. The minimum atomic E-state index is -0.769. The van der Waals surface area contributed by atoms with Gasteiger partial charge in [-0.15, -0.1) is 0 Å². The Bertz CT molecular complexity index is 269. The maximum Gasteiger partial charge on any atom is 0.305 e. The average molecular weight is 269 g/mol. The maximum absolute atomic E-state index is 10.4. The number of carboxylic acids is 1. The summed E-state index contributed by atoms with van der Waals surface area (Å²) in [6.45, 7) is 3.87. The Morgan fingerprint density at radius 3 is 2.42 bits per heavy atom. The van der Waals surface area contributed by atoms with Crippen molar-refractivity contribution in [3.63, 3.8) is 0 Å². The highest BCUT2D eigenvalue weighted by Gasteiger charge is 2.23. The van der Waals surface area contributed by atoms with Crippen molar-refractivity contribution in [2.75, 3.05) is 26.2 Å². The maximum atomic E-state index is 10.4. The highest BCUT2D eigenvalue weighted by atomic mass is 16.5. The van der Waals surface area contributed by atoms with Crippen LogP contribution in [0.15, 0.2) is 0 Å². The number of hydrogen-bond acceptors (Lipinski definition) is 3. The number of hydrogen-bond donors (Lipinski definition) is 1. The van der Waals surface area contributed by atoms with Crippen molar-refractivity contribution in [3.05, 3.63) is 0 Å². The van der Waals surface area contributed by atoms with Crippen LogP contribution in [0.5, 0.6) is 0 Å². The number of rotatable bonds is 6. The molecule has 1 aliphatic carbocycles. The minimum Gasteiger partial charge on any atom is -0.481 e. The molecule has 0 aromatic heterocycles. The lowest BCUT2D eigenvalue weighted by atomic mass is 9.88. The molecule has 1 aliphatic heterocycles. The van der Waals surface area contributed by atoms with Crippen molar-refractivity contribution in [3.8, 4) is 0 Å². The molecule has 0 radical (unpaired) electrons. The van der Waals surface area contributed by atoms with Crippen LogP contribution in [-0.4, -0.2) is 48.3 Å². The number of carbonyl (C=O) groups is 1. The third-order valence-electron chi connectivity index (χ3n) is 4.45. The van der Waals surface area contributed by atoms with Crippen molar-refractivity contribution >= 4 is 5.97 Å². The van der Waals surface area contributed by atoms with Crippen LogP contribution >= 0.6 is 0 Å². The summed E-state index contributed by atoms with van der Waals surface area (Å²) in [5.74, 6) is 0.146. The molecule has 1 saturated heterocycles. The molecule has 4 nitrogen and oxygen atoms in total. The molecule has 19 heavy (non-hydrogen) atoms. The molecule has 0 bridgehead atoms. The van der Waals surface area contributed by atoms with E-state index in [0.717, 1.165) is 31.8 Å². The predicted molar refractivity (Wildman–Crippen MR) is 74.2 cm³/mol. The van der Waals surface area contributed by atoms with Gasteiger partial charge in [0, 0.05) is 19.6 Å². The summed E-state index contributed by atoms with van der Waals surface area (Å²) in [5.41, 5.74) is 0. The first-order valence-corrected chi connectivity index (χ1v) is 7.80. The number of nitrogens with zero attached hydrogens (tertiary/aromatic N) is 1. The van der Waals surface area contributed by atoms with Gasteiger partial charge in [0.2, 0.25) is 0 Å². The Balaban J connectivity index is 1.58. The van der Waals surface area contributed by atoms with E-state index in [9.17, 15) is 4.79 Å². The molecular weight excluding hydrogens is 242 g/mol. The van der Waals surface area contributed by atoms with Crippen LogP contribution in [0.4, 0.5) is 0 Å². The Kier molecular flexibility index (Phi) is 6.11. The topological polar surface area (TPSA) is 49.8 Å². The molecule has 0 aromatic rings. The Morgan fingerprint density at radius 1 is 1.11 bits per heavy atom. The fourth-order valence-corrected chi connectivity index (χ4v) is 3.31. The van der Waals surface area contributed by atoms with Crippen LogP contribution in [-0.2, 0) is 9.53 Å². The zero-order chi connectivity index (χ0) is 13.5. The van der Waals surface area contributed by atoms with Crippen LogP contribution in [0.3, 0.4) is 0 Å². The molecule has 2 aliphatic rings. The van der Waals surface area contributed by atoms with Gasteiger partial charge in [0.25, 0.3) is 0 Å². The van der Waals surface area contributed by atoms with Gasteiger partial charge in [0.1, 0.15) is 0 Å². The van der Waals surface area contributed by atoms with Crippen molar-refractivity contribution in [2.45, 2.75) is 57.5 Å². The van der Waals surface area contributed by atoms with E-state index in [-0.39, 0.29) is 12.5 Å². The molecule has 0 spiro atoms. The molecule has 2 fully saturated rings. The first kappa shape index (κ1) is 14.8. The van der Waals surface area contributed by atoms with Gasteiger partial charge >= 0.3 is 5.97 Å². The van der Waals surface area contributed by atoms with E-state index in [2.05, 4.69) is 4.90 Å². The van der Waals surface area contributed by atoms with E-state index < -0.39 is 5.97 Å². The van der Waals surface area contributed by atoms with E-state index >= 15 is 0 Å². The second-order valence-electron chi connectivity index (χ2n) is 6.02. The van der Waals surface area contributed by atoms with Gasteiger partial charge in [-0.1, -0.05) is 19.3 Å². The zero-order valence-corrected chi connectivity index (χ0v) is 11.9. The molecular formula is C15H27NO3.